The van der Waals surface area contributed by atoms with E-state index in [-0.39, 0.29) is 5.78 Å². The molecule has 0 saturated carbocycles. The predicted molar refractivity (Wildman–Crippen MR) is 72.5 cm³/mol. The van der Waals surface area contributed by atoms with Crippen molar-refractivity contribution in [3.63, 3.8) is 0 Å². The zero-order valence-electron chi connectivity index (χ0n) is 9.86. The van der Waals surface area contributed by atoms with Gasteiger partial charge in [-0.25, -0.2) is 0 Å². The minimum atomic E-state index is 0.218. The van der Waals surface area contributed by atoms with Gasteiger partial charge in [0.05, 0.1) is 0 Å². The molecule has 0 amide bonds. The van der Waals surface area contributed by atoms with Crippen molar-refractivity contribution in [3.05, 3.63) is 41.8 Å². The van der Waals surface area contributed by atoms with Gasteiger partial charge >= 0.3 is 102 Å². The molecule has 0 unspecified atom stereocenters. The molecule has 2 nitrogen and oxygen atoms in total. The average Bonchev–Trinajstić information content (AvgIpc) is 2.38. The number of Topliss-reactive ketones (excluding diaryl/α,β-unsaturated/α-hetero) is 1. The molecule has 2 N–H and O–H groups in total. The molecule has 0 atom stereocenters. The third kappa shape index (κ3) is 2.80. The second-order valence-corrected chi connectivity index (χ2v) is 4.20. The molecule has 0 saturated heterocycles. The molecule has 1 heterocycles. The van der Waals surface area contributed by atoms with E-state index in [0.29, 0.717) is 13.0 Å². The number of benzene rings is 1. The molecule has 1 aromatic carbocycles. The van der Waals surface area contributed by atoms with Crippen LogP contribution in [-0.4, -0.2) is 19.2 Å². The number of ketones is 1. The van der Waals surface area contributed by atoms with Gasteiger partial charge in [0, 0.05) is 0 Å². The summed E-state index contributed by atoms with van der Waals surface area (Å²) in [4.78, 5) is 12.1. The van der Waals surface area contributed by atoms with Crippen LogP contribution in [0.2, 0.25) is 0 Å². The first-order chi connectivity index (χ1) is 8.33. The molecule has 0 bridgehead atoms. The molecule has 0 aliphatic rings. The zero-order chi connectivity index (χ0) is 12.1. The van der Waals surface area contributed by atoms with Crippen molar-refractivity contribution in [2.24, 2.45) is 5.73 Å². The standard InChI is InChI=1S/C14H16BNO/c16-8-4-3-7-14(17)13-10-15-9-11-5-1-2-6-12(11)13/h1-2,5-6,9-10H,3-4,7-8,16H2. The summed E-state index contributed by atoms with van der Waals surface area (Å²) < 4.78 is 0. The van der Waals surface area contributed by atoms with Gasteiger partial charge in [-0.15, -0.1) is 0 Å². The molecule has 0 spiro atoms. The van der Waals surface area contributed by atoms with Crippen molar-refractivity contribution in [2.75, 3.05) is 6.54 Å². The van der Waals surface area contributed by atoms with E-state index in [1.54, 1.807) is 0 Å². The van der Waals surface area contributed by atoms with E-state index in [2.05, 4.69) is 0 Å². The minimum absolute atomic E-state index is 0.218. The van der Waals surface area contributed by atoms with E-state index in [0.717, 1.165) is 29.2 Å². The number of hydrogen-bond acceptors (Lipinski definition) is 2. The molecule has 0 radical (unpaired) electrons. The fourth-order valence-corrected chi connectivity index (χ4v) is 2.03. The van der Waals surface area contributed by atoms with Crippen LogP contribution in [-0.2, 0) is 0 Å². The second-order valence-electron chi connectivity index (χ2n) is 4.20. The Morgan fingerprint density at radius 1 is 1.18 bits per heavy atom. The Morgan fingerprint density at radius 3 is 2.82 bits per heavy atom. The number of nitrogens with two attached hydrogens (primary N) is 1. The first-order valence-electron chi connectivity index (χ1n) is 6.04. The van der Waals surface area contributed by atoms with Crippen LogP contribution in [0.4, 0.5) is 0 Å². The van der Waals surface area contributed by atoms with Crippen molar-refractivity contribution >= 4 is 23.5 Å². The van der Waals surface area contributed by atoms with Crippen LogP contribution in [0.3, 0.4) is 0 Å². The van der Waals surface area contributed by atoms with Crippen molar-refractivity contribution < 1.29 is 4.79 Å². The molecular formula is C14H16BNO. The Labute approximate surface area is 102 Å². The SMILES string of the molecule is NCCCCC(=O)c1cbcc2ccccc12. The number of hydrogen-bond donors (Lipinski definition) is 1. The summed E-state index contributed by atoms with van der Waals surface area (Å²) in [6, 6.07) is 8.00. The number of rotatable bonds is 5. The van der Waals surface area contributed by atoms with E-state index in [1.165, 1.54) is 0 Å². The van der Waals surface area contributed by atoms with E-state index >= 15 is 0 Å². The number of carbonyl (C=O) groups excluding carboxylic acids is 1. The Kier molecular flexibility index (Phi) is 4.05. The van der Waals surface area contributed by atoms with Crippen molar-refractivity contribution in [2.45, 2.75) is 19.3 Å². The molecule has 2 rings (SSSR count). The average molecular weight is 225 g/mol. The molecule has 0 aliphatic carbocycles. The third-order valence-electron chi connectivity index (χ3n) is 2.95. The molecular weight excluding hydrogens is 209 g/mol. The monoisotopic (exact) mass is 225 g/mol. The van der Waals surface area contributed by atoms with Crippen LogP contribution in [0.15, 0.2) is 36.2 Å². The van der Waals surface area contributed by atoms with Gasteiger partial charge in [-0.2, -0.15) is 0 Å². The molecule has 1 aromatic heterocycles. The summed E-state index contributed by atoms with van der Waals surface area (Å²) in [5.41, 5.74) is 6.27. The van der Waals surface area contributed by atoms with Crippen LogP contribution in [0.25, 0.3) is 10.8 Å². The number of unbranched alkanes of at least 4 members (excludes halogenated alkanes) is 1. The van der Waals surface area contributed by atoms with E-state index in [9.17, 15) is 4.79 Å². The summed E-state index contributed by atoms with van der Waals surface area (Å²) in [6.07, 6.45) is 2.38. The van der Waals surface area contributed by atoms with Crippen LogP contribution in [0.5, 0.6) is 0 Å². The van der Waals surface area contributed by atoms with Crippen molar-refractivity contribution in [1.29, 1.82) is 0 Å². The zero-order valence-corrected chi connectivity index (χ0v) is 9.86. The Bertz CT molecular complexity index is 519. The molecule has 0 fully saturated rings. The summed E-state index contributed by atoms with van der Waals surface area (Å²) in [6.45, 7) is 2.60. The van der Waals surface area contributed by atoms with E-state index < -0.39 is 0 Å². The Hall–Kier alpha value is -1.48. The Balaban J connectivity index is 2.26. The van der Waals surface area contributed by atoms with E-state index in [1.807, 2.05) is 43.1 Å². The van der Waals surface area contributed by atoms with Crippen LogP contribution >= 0.6 is 0 Å². The first-order valence-corrected chi connectivity index (χ1v) is 6.04. The fraction of sp³-hybridized carbons (Fsp3) is 0.286. The summed E-state index contributed by atoms with van der Waals surface area (Å²) in [7, 11) is 0. The molecule has 17 heavy (non-hydrogen) atoms. The van der Waals surface area contributed by atoms with Gasteiger partial charge in [0.1, 0.15) is 0 Å². The van der Waals surface area contributed by atoms with Crippen LogP contribution < -0.4 is 5.73 Å². The Morgan fingerprint density at radius 2 is 2.00 bits per heavy atom. The van der Waals surface area contributed by atoms with Crippen molar-refractivity contribution in [1.82, 2.24) is 0 Å². The predicted octanol–water partition coefficient (Wildman–Crippen LogP) is 2.49. The number of carbonyl (C=O) groups is 1. The van der Waals surface area contributed by atoms with Gasteiger partial charge in [0.15, 0.2) is 0 Å². The molecule has 3 heteroatoms. The topological polar surface area (TPSA) is 43.1 Å². The fourth-order valence-electron chi connectivity index (χ4n) is 2.03. The quantitative estimate of drug-likeness (QED) is 0.627. The van der Waals surface area contributed by atoms with E-state index in [4.69, 9.17) is 5.73 Å². The van der Waals surface area contributed by atoms with Gasteiger partial charge in [-0.05, 0) is 0 Å². The van der Waals surface area contributed by atoms with Gasteiger partial charge in [0.2, 0.25) is 0 Å². The van der Waals surface area contributed by atoms with Crippen LogP contribution in [0, 0.1) is 0 Å². The summed E-state index contributed by atoms with van der Waals surface area (Å²) in [5.74, 6) is 4.16. The second kappa shape index (κ2) is 5.73. The van der Waals surface area contributed by atoms with Gasteiger partial charge in [-0.1, -0.05) is 0 Å². The number of fused-ring (bicyclic) bond motifs is 1. The first kappa shape index (κ1) is 12.0. The molecule has 86 valence electrons. The van der Waals surface area contributed by atoms with Crippen LogP contribution in [0.1, 0.15) is 29.6 Å². The normalized spacial score (nSPS) is 10.4. The summed E-state index contributed by atoms with van der Waals surface area (Å²) >= 11 is 0. The third-order valence-corrected chi connectivity index (χ3v) is 2.95. The van der Waals surface area contributed by atoms with Gasteiger partial charge in [0.25, 0.3) is 0 Å². The van der Waals surface area contributed by atoms with Gasteiger partial charge < -0.3 is 0 Å². The van der Waals surface area contributed by atoms with Crippen molar-refractivity contribution in [3.8, 4) is 0 Å². The maximum absolute atomic E-state index is 12.1. The van der Waals surface area contributed by atoms with Gasteiger partial charge in [-0.3, -0.25) is 0 Å². The maximum atomic E-state index is 12.1. The molecule has 0 aliphatic heterocycles. The molecule has 2 aromatic rings. The summed E-state index contributed by atoms with van der Waals surface area (Å²) in [5, 5.41) is 2.17.